The van der Waals surface area contributed by atoms with Crippen molar-refractivity contribution in [3.05, 3.63) is 34.5 Å². The van der Waals surface area contributed by atoms with Crippen LogP contribution in [0.4, 0.5) is 5.82 Å². The van der Waals surface area contributed by atoms with Crippen molar-refractivity contribution in [2.75, 3.05) is 11.9 Å². The van der Waals surface area contributed by atoms with Gasteiger partial charge in [0.15, 0.2) is 0 Å². The highest BCUT2D eigenvalue weighted by molar-refractivity contribution is 9.10. The zero-order valence-electron chi connectivity index (χ0n) is 10.1. The maximum Gasteiger partial charge on any atom is 0.146 e. The van der Waals surface area contributed by atoms with E-state index in [2.05, 4.69) is 31.0 Å². The van der Waals surface area contributed by atoms with Gasteiger partial charge < -0.3 is 4.90 Å². The molecule has 5 nitrogen and oxygen atoms in total. The van der Waals surface area contributed by atoms with Crippen LogP contribution in [-0.4, -0.2) is 26.8 Å². The maximum atomic E-state index is 4.37. The summed E-state index contributed by atoms with van der Waals surface area (Å²) in [7, 11) is 3.88. The molecule has 2 heterocycles. The fraction of sp³-hybridized carbons (Fsp3) is 0.364. The van der Waals surface area contributed by atoms with E-state index in [1.54, 1.807) is 11.0 Å². The number of hydrogen-bond acceptors (Lipinski definition) is 4. The second kappa shape index (κ2) is 4.83. The van der Waals surface area contributed by atoms with E-state index in [-0.39, 0.29) is 0 Å². The molecular weight excluding hydrogens is 282 g/mol. The van der Waals surface area contributed by atoms with Crippen molar-refractivity contribution >= 4 is 21.7 Å². The van der Waals surface area contributed by atoms with Gasteiger partial charge in [0, 0.05) is 24.8 Å². The van der Waals surface area contributed by atoms with Crippen LogP contribution >= 0.6 is 15.9 Å². The van der Waals surface area contributed by atoms with Crippen molar-refractivity contribution in [1.82, 2.24) is 19.7 Å². The molecule has 6 heteroatoms. The van der Waals surface area contributed by atoms with Gasteiger partial charge in [0.1, 0.15) is 18.0 Å². The third kappa shape index (κ3) is 2.63. The molecule has 0 saturated heterocycles. The molecule has 90 valence electrons. The molecule has 17 heavy (non-hydrogen) atoms. The van der Waals surface area contributed by atoms with Crippen LogP contribution in [0.5, 0.6) is 0 Å². The summed E-state index contributed by atoms with van der Waals surface area (Å²) < 4.78 is 2.79. The first-order chi connectivity index (χ1) is 8.08. The van der Waals surface area contributed by atoms with Gasteiger partial charge in [0.05, 0.1) is 6.54 Å². The molecule has 0 radical (unpaired) electrons. The molecule has 2 aromatic heterocycles. The number of nitrogens with zero attached hydrogens (tertiary/aromatic N) is 5. The smallest absolute Gasteiger partial charge is 0.146 e. The Bertz CT molecular complexity index is 522. The van der Waals surface area contributed by atoms with Gasteiger partial charge in [-0.1, -0.05) is 0 Å². The molecule has 0 atom stereocenters. The maximum absolute atomic E-state index is 4.37. The molecule has 0 fully saturated rings. The molecule has 2 aromatic rings. The molecule has 0 unspecified atom stereocenters. The average Bonchev–Trinajstić information content (AvgIpc) is 2.68. The van der Waals surface area contributed by atoms with E-state index >= 15 is 0 Å². The summed E-state index contributed by atoms with van der Waals surface area (Å²) >= 11 is 3.44. The molecule has 2 rings (SSSR count). The average molecular weight is 296 g/mol. The largest absolute Gasteiger partial charge is 0.352 e. The first-order valence-corrected chi connectivity index (χ1v) is 6.03. The lowest BCUT2D eigenvalue weighted by Gasteiger charge is -2.18. The lowest BCUT2D eigenvalue weighted by Crippen LogP contribution is -2.20. The van der Waals surface area contributed by atoms with Crippen molar-refractivity contribution in [3.8, 4) is 0 Å². The Morgan fingerprint density at radius 2 is 2.18 bits per heavy atom. The Kier molecular flexibility index (Phi) is 3.42. The van der Waals surface area contributed by atoms with E-state index in [4.69, 9.17) is 0 Å². The number of halogens is 1. The summed E-state index contributed by atoms with van der Waals surface area (Å²) in [6.07, 6.45) is 3.38. The van der Waals surface area contributed by atoms with Crippen molar-refractivity contribution in [2.24, 2.45) is 7.05 Å². The van der Waals surface area contributed by atoms with Crippen molar-refractivity contribution in [2.45, 2.75) is 13.5 Å². The molecule has 0 aliphatic carbocycles. The van der Waals surface area contributed by atoms with Gasteiger partial charge in [-0.25, -0.2) is 9.97 Å². The Labute approximate surface area is 109 Å². The number of pyridine rings is 1. The second-order valence-electron chi connectivity index (χ2n) is 3.95. The fourth-order valence-corrected chi connectivity index (χ4v) is 1.71. The fourth-order valence-electron chi connectivity index (χ4n) is 1.49. The van der Waals surface area contributed by atoms with Crippen LogP contribution in [0.1, 0.15) is 11.4 Å². The minimum Gasteiger partial charge on any atom is -0.352 e. The minimum absolute atomic E-state index is 0.685. The van der Waals surface area contributed by atoms with Gasteiger partial charge in [-0.3, -0.25) is 4.68 Å². The van der Waals surface area contributed by atoms with Crippen LogP contribution in [-0.2, 0) is 13.6 Å². The molecular formula is C11H14BrN5. The van der Waals surface area contributed by atoms with Crippen LogP contribution in [0.15, 0.2) is 23.1 Å². The minimum atomic E-state index is 0.685. The molecule has 0 N–H and O–H groups in total. The summed E-state index contributed by atoms with van der Waals surface area (Å²) in [5.74, 6) is 1.84. The first kappa shape index (κ1) is 12.0. The molecule has 0 bridgehead atoms. The summed E-state index contributed by atoms with van der Waals surface area (Å²) in [5, 5.41) is 4.05. The zero-order chi connectivity index (χ0) is 12.4. The Morgan fingerprint density at radius 3 is 2.76 bits per heavy atom. The lowest BCUT2D eigenvalue weighted by molar-refractivity contribution is 0.686. The van der Waals surface area contributed by atoms with Crippen molar-refractivity contribution in [1.29, 1.82) is 0 Å². The second-order valence-corrected chi connectivity index (χ2v) is 4.80. The van der Waals surface area contributed by atoms with Crippen LogP contribution in [0.3, 0.4) is 0 Å². The van der Waals surface area contributed by atoms with Crippen molar-refractivity contribution < 1.29 is 0 Å². The summed E-state index contributed by atoms with van der Waals surface area (Å²) in [6.45, 7) is 2.73. The van der Waals surface area contributed by atoms with Gasteiger partial charge in [-0.05, 0) is 34.5 Å². The monoisotopic (exact) mass is 295 g/mol. The molecule has 0 amide bonds. The highest BCUT2D eigenvalue weighted by atomic mass is 79.9. The van der Waals surface area contributed by atoms with Crippen LogP contribution in [0, 0.1) is 6.92 Å². The van der Waals surface area contributed by atoms with Gasteiger partial charge in [0.2, 0.25) is 0 Å². The van der Waals surface area contributed by atoms with E-state index < -0.39 is 0 Å². The van der Waals surface area contributed by atoms with E-state index in [0.29, 0.717) is 6.54 Å². The Balaban J connectivity index is 2.17. The molecule has 0 aliphatic rings. The summed E-state index contributed by atoms with van der Waals surface area (Å²) in [5.41, 5.74) is 1.17. The Morgan fingerprint density at radius 1 is 1.41 bits per heavy atom. The molecule has 0 aromatic carbocycles. The standard InChI is InChI=1S/C11H14BrN5/c1-8-4-10(13-5-9(8)12)16(2)6-11-14-7-15-17(11)3/h4-5,7H,6H2,1-3H3. The lowest BCUT2D eigenvalue weighted by atomic mass is 10.3. The topological polar surface area (TPSA) is 46.8 Å². The number of rotatable bonds is 3. The highest BCUT2D eigenvalue weighted by Crippen LogP contribution is 2.19. The number of hydrogen-bond donors (Lipinski definition) is 0. The number of aromatic nitrogens is 4. The SMILES string of the molecule is Cc1cc(N(C)Cc2ncnn2C)ncc1Br. The number of aryl methyl sites for hydroxylation is 2. The van der Waals surface area contributed by atoms with E-state index in [9.17, 15) is 0 Å². The van der Waals surface area contributed by atoms with E-state index in [1.807, 2.05) is 38.2 Å². The van der Waals surface area contributed by atoms with Crippen LogP contribution in [0.2, 0.25) is 0 Å². The van der Waals surface area contributed by atoms with E-state index in [1.165, 1.54) is 5.56 Å². The zero-order valence-corrected chi connectivity index (χ0v) is 11.6. The predicted molar refractivity (Wildman–Crippen MR) is 69.8 cm³/mol. The molecule has 0 aliphatic heterocycles. The third-order valence-electron chi connectivity index (χ3n) is 2.61. The van der Waals surface area contributed by atoms with E-state index in [0.717, 1.165) is 16.1 Å². The normalized spacial score (nSPS) is 10.6. The quantitative estimate of drug-likeness (QED) is 0.868. The van der Waals surface area contributed by atoms with Gasteiger partial charge >= 0.3 is 0 Å². The first-order valence-electron chi connectivity index (χ1n) is 5.24. The summed E-state index contributed by atoms with van der Waals surface area (Å²) in [6, 6.07) is 2.04. The van der Waals surface area contributed by atoms with Gasteiger partial charge in [-0.15, -0.1) is 0 Å². The predicted octanol–water partition coefficient (Wildman–Crippen LogP) is 1.92. The highest BCUT2D eigenvalue weighted by Gasteiger charge is 2.08. The number of anilines is 1. The van der Waals surface area contributed by atoms with Crippen molar-refractivity contribution in [3.63, 3.8) is 0 Å². The van der Waals surface area contributed by atoms with Crippen LogP contribution in [0.25, 0.3) is 0 Å². The summed E-state index contributed by atoms with van der Waals surface area (Å²) in [4.78, 5) is 10.6. The molecule has 0 spiro atoms. The molecule has 0 saturated carbocycles. The third-order valence-corrected chi connectivity index (χ3v) is 3.44. The van der Waals surface area contributed by atoms with Crippen LogP contribution < -0.4 is 4.90 Å². The Hall–Kier alpha value is -1.43. The van der Waals surface area contributed by atoms with Gasteiger partial charge in [0.25, 0.3) is 0 Å². The van der Waals surface area contributed by atoms with Gasteiger partial charge in [-0.2, -0.15) is 5.10 Å².